The Bertz CT molecular complexity index is 575. The highest BCUT2D eigenvalue weighted by Crippen LogP contribution is 2.31. The van der Waals surface area contributed by atoms with Crippen LogP contribution in [0, 0.1) is 17.0 Å². The summed E-state index contributed by atoms with van der Waals surface area (Å²) in [4.78, 5) is 12.5. The molecule has 6 nitrogen and oxygen atoms in total. The van der Waals surface area contributed by atoms with Gasteiger partial charge in [-0.2, -0.15) is 0 Å². The van der Waals surface area contributed by atoms with Crippen molar-refractivity contribution in [3.8, 4) is 0 Å². The number of aromatic nitrogens is 1. The number of nitrogens with zero attached hydrogens (tertiary/aromatic N) is 2. The lowest BCUT2D eigenvalue weighted by atomic mass is 10.2. The molecule has 0 spiro atoms. The monoisotopic (exact) mass is 286 g/mol. The van der Waals surface area contributed by atoms with Crippen molar-refractivity contribution >= 4 is 25.4 Å². The third kappa shape index (κ3) is 2.86. The van der Waals surface area contributed by atoms with Gasteiger partial charge in [-0.1, -0.05) is 0 Å². The smallest absolute Gasteiger partial charge is 0.258 e. The summed E-state index contributed by atoms with van der Waals surface area (Å²) >= 11 is 0. The molecule has 0 N–H and O–H groups in total. The molecule has 0 amide bonds. The predicted octanol–water partition coefficient (Wildman–Crippen LogP) is 2.16. The summed E-state index contributed by atoms with van der Waals surface area (Å²) in [6.45, 7) is 1.17. The molecule has 1 rings (SSSR count). The van der Waals surface area contributed by atoms with E-state index in [1.54, 1.807) is 0 Å². The number of pyridine rings is 1. The van der Waals surface area contributed by atoms with E-state index in [0.717, 1.165) is 0 Å². The summed E-state index contributed by atoms with van der Waals surface area (Å²) < 4.78 is 47.0. The van der Waals surface area contributed by atoms with Gasteiger partial charge in [-0.15, -0.1) is 0 Å². The third-order valence-corrected chi connectivity index (χ3v) is 3.12. The van der Waals surface area contributed by atoms with Crippen LogP contribution >= 0.6 is 10.7 Å². The Kier molecular flexibility index (Phi) is 3.62. The maximum Gasteiger partial charge on any atom is 0.297 e. The number of aryl methyl sites for hydroxylation is 1. The van der Waals surface area contributed by atoms with Crippen LogP contribution < -0.4 is 0 Å². The minimum Gasteiger partial charge on any atom is -0.258 e. The second kappa shape index (κ2) is 4.49. The largest absolute Gasteiger partial charge is 0.297 e. The SMILES string of the molecule is Cc1cc([N+](=O)[O-])c(C(F)F)nc1S(=O)(=O)Cl. The summed E-state index contributed by atoms with van der Waals surface area (Å²) in [6.07, 6.45) is -3.27. The Balaban J connectivity index is 3.63. The van der Waals surface area contributed by atoms with Crippen LogP contribution in [-0.2, 0) is 9.05 Å². The first-order valence-electron chi connectivity index (χ1n) is 4.03. The van der Waals surface area contributed by atoms with Crippen molar-refractivity contribution in [2.45, 2.75) is 18.4 Å². The summed E-state index contributed by atoms with van der Waals surface area (Å²) in [6, 6.07) is 0.698. The highest BCUT2D eigenvalue weighted by molar-refractivity contribution is 8.13. The Labute approximate surface area is 98.8 Å². The van der Waals surface area contributed by atoms with Gasteiger partial charge in [0, 0.05) is 16.7 Å². The molecule has 0 unspecified atom stereocenters. The van der Waals surface area contributed by atoms with Crippen molar-refractivity contribution < 1.29 is 22.1 Å². The van der Waals surface area contributed by atoms with E-state index in [2.05, 4.69) is 4.98 Å². The fourth-order valence-electron chi connectivity index (χ4n) is 1.15. The van der Waals surface area contributed by atoms with Gasteiger partial charge in [0.2, 0.25) is 0 Å². The average molecular weight is 287 g/mol. The zero-order chi connectivity index (χ0) is 13.4. The van der Waals surface area contributed by atoms with Crippen molar-refractivity contribution in [1.29, 1.82) is 0 Å². The van der Waals surface area contributed by atoms with Crippen LogP contribution in [0.25, 0.3) is 0 Å². The summed E-state index contributed by atoms with van der Waals surface area (Å²) in [5, 5.41) is 9.68. The van der Waals surface area contributed by atoms with E-state index in [-0.39, 0.29) is 5.56 Å². The average Bonchev–Trinajstić information content (AvgIpc) is 2.14. The highest BCUT2D eigenvalue weighted by Gasteiger charge is 2.28. The van der Waals surface area contributed by atoms with Gasteiger partial charge in [-0.25, -0.2) is 22.2 Å². The molecule has 0 aliphatic rings. The first kappa shape index (κ1) is 13.7. The second-order valence-electron chi connectivity index (χ2n) is 3.01. The Morgan fingerprint density at radius 2 is 2.06 bits per heavy atom. The Hall–Kier alpha value is -1.35. The molecule has 1 aromatic heterocycles. The van der Waals surface area contributed by atoms with Gasteiger partial charge in [0.15, 0.2) is 10.7 Å². The van der Waals surface area contributed by atoms with Gasteiger partial charge >= 0.3 is 0 Å². The zero-order valence-corrected chi connectivity index (χ0v) is 9.80. The number of nitro groups is 1. The number of hydrogen-bond donors (Lipinski definition) is 0. The van der Waals surface area contributed by atoms with E-state index in [0.29, 0.717) is 6.07 Å². The number of rotatable bonds is 3. The fraction of sp³-hybridized carbons (Fsp3) is 0.286. The molecule has 0 saturated carbocycles. The van der Waals surface area contributed by atoms with E-state index < -0.39 is 36.8 Å². The molecule has 1 heterocycles. The van der Waals surface area contributed by atoms with E-state index >= 15 is 0 Å². The van der Waals surface area contributed by atoms with E-state index in [9.17, 15) is 27.3 Å². The van der Waals surface area contributed by atoms with Crippen LogP contribution in [-0.4, -0.2) is 18.3 Å². The molecule has 0 aromatic carbocycles. The molecule has 0 saturated heterocycles. The molecular formula is C7H5ClF2N2O4S. The van der Waals surface area contributed by atoms with Gasteiger partial charge in [0.25, 0.3) is 21.2 Å². The van der Waals surface area contributed by atoms with Crippen LogP contribution in [0.3, 0.4) is 0 Å². The van der Waals surface area contributed by atoms with Gasteiger partial charge in [-0.05, 0) is 12.5 Å². The number of hydrogen-bond acceptors (Lipinski definition) is 5. The lowest BCUT2D eigenvalue weighted by Gasteiger charge is -2.05. The third-order valence-electron chi connectivity index (χ3n) is 1.81. The topological polar surface area (TPSA) is 90.2 Å². The minimum absolute atomic E-state index is 0.170. The van der Waals surface area contributed by atoms with Gasteiger partial charge < -0.3 is 0 Å². The highest BCUT2D eigenvalue weighted by atomic mass is 35.7. The van der Waals surface area contributed by atoms with Crippen molar-refractivity contribution in [3.63, 3.8) is 0 Å². The van der Waals surface area contributed by atoms with Crippen LogP contribution in [0.2, 0.25) is 0 Å². The van der Waals surface area contributed by atoms with Crippen LogP contribution in [0.15, 0.2) is 11.1 Å². The number of alkyl halides is 2. The van der Waals surface area contributed by atoms with E-state index in [1.165, 1.54) is 6.92 Å². The van der Waals surface area contributed by atoms with Gasteiger partial charge in [0.1, 0.15) is 0 Å². The second-order valence-corrected chi connectivity index (χ2v) is 5.49. The molecule has 0 aliphatic heterocycles. The van der Waals surface area contributed by atoms with Crippen LogP contribution in [0.4, 0.5) is 14.5 Å². The Morgan fingerprint density at radius 3 is 2.41 bits per heavy atom. The molecule has 94 valence electrons. The molecule has 0 fully saturated rings. The predicted molar refractivity (Wildman–Crippen MR) is 53.6 cm³/mol. The zero-order valence-electron chi connectivity index (χ0n) is 8.22. The molecular weight excluding hydrogens is 282 g/mol. The van der Waals surface area contributed by atoms with Gasteiger partial charge in [0.05, 0.1) is 4.92 Å². The molecule has 17 heavy (non-hydrogen) atoms. The standard InChI is InChI=1S/C7H5ClF2N2O4S/c1-3-2-4(12(13)14)5(6(9)10)11-7(3)17(8,15)16/h2,6H,1H3. The maximum atomic E-state index is 12.5. The quantitative estimate of drug-likeness (QED) is 0.482. The van der Waals surface area contributed by atoms with Crippen molar-refractivity contribution in [1.82, 2.24) is 4.98 Å². The van der Waals surface area contributed by atoms with E-state index in [1.807, 2.05) is 0 Å². The lowest BCUT2D eigenvalue weighted by Crippen LogP contribution is -2.06. The lowest BCUT2D eigenvalue weighted by molar-refractivity contribution is -0.386. The summed E-state index contributed by atoms with van der Waals surface area (Å²) in [5.74, 6) is 0. The van der Waals surface area contributed by atoms with Gasteiger partial charge in [-0.3, -0.25) is 10.1 Å². The first-order valence-corrected chi connectivity index (χ1v) is 6.34. The van der Waals surface area contributed by atoms with Crippen molar-refractivity contribution in [3.05, 3.63) is 27.4 Å². The molecule has 1 aromatic rings. The first-order chi connectivity index (χ1) is 7.64. The van der Waals surface area contributed by atoms with Crippen molar-refractivity contribution in [2.24, 2.45) is 0 Å². The van der Waals surface area contributed by atoms with E-state index in [4.69, 9.17) is 10.7 Å². The van der Waals surface area contributed by atoms with Crippen LogP contribution in [0.5, 0.6) is 0 Å². The summed E-state index contributed by atoms with van der Waals surface area (Å²) in [5.41, 5.74) is -2.34. The molecule has 0 aliphatic carbocycles. The number of halogens is 3. The molecule has 0 radical (unpaired) electrons. The summed E-state index contributed by atoms with van der Waals surface area (Å²) in [7, 11) is 0.641. The fourth-order valence-corrected chi connectivity index (χ4v) is 2.27. The van der Waals surface area contributed by atoms with Crippen molar-refractivity contribution in [2.75, 3.05) is 0 Å². The van der Waals surface area contributed by atoms with Crippen LogP contribution in [0.1, 0.15) is 17.7 Å². The minimum atomic E-state index is -4.33. The maximum absolute atomic E-state index is 12.5. The Morgan fingerprint density at radius 1 is 1.53 bits per heavy atom. The molecule has 10 heteroatoms. The molecule has 0 atom stereocenters. The molecule has 0 bridgehead atoms. The normalized spacial score (nSPS) is 11.8.